The van der Waals surface area contributed by atoms with Crippen molar-refractivity contribution in [1.82, 2.24) is 4.90 Å². The summed E-state index contributed by atoms with van der Waals surface area (Å²) < 4.78 is 11.6. The Labute approximate surface area is 126 Å². The van der Waals surface area contributed by atoms with E-state index in [4.69, 9.17) is 9.47 Å². The highest BCUT2D eigenvalue weighted by Crippen LogP contribution is 2.40. The molecule has 0 fully saturated rings. The quantitative estimate of drug-likeness (QED) is 0.835. The molecule has 0 aromatic heterocycles. The van der Waals surface area contributed by atoms with E-state index in [-0.39, 0.29) is 5.91 Å². The van der Waals surface area contributed by atoms with Gasteiger partial charge in [-0.05, 0) is 18.9 Å². The molecule has 0 unspecified atom stereocenters. The van der Waals surface area contributed by atoms with Gasteiger partial charge < -0.3 is 14.4 Å². The van der Waals surface area contributed by atoms with Gasteiger partial charge in [-0.15, -0.1) is 0 Å². The molecule has 3 rings (SSSR count). The number of carbonyl (C=O) groups is 1. The molecular weight excluding hydrogens is 266 g/mol. The summed E-state index contributed by atoms with van der Waals surface area (Å²) in [4.78, 5) is 13.7. The average Bonchev–Trinajstić information content (AvgIpc) is 3.11. The fourth-order valence-electron chi connectivity index (χ4n) is 3.16. The molecule has 2 heterocycles. The highest BCUT2D eigenvalue weighted by atomic mass is 16.5. The van der Waals surface area contributed by atoms with E-state index in [1.807, 2.05) is 18.9 Å². The van der Waals surface area contributed by atoms with Crippen LogP contribution in [0, 0.1) is 0 Å². The average molecular weight is 289 g/mol. The second-order valence-corrected chi connectivity index (χ2v) is 5.83. The summed E-state index contributed by atoms with van der Waals surface area (Å²) in [5.41, 5.74) is 3.80. The van der Waals surface area contributed by atoms with Gasteiger partial charge in [0, 0.05) is 49.5 Å². The third-order valence-electron chi connectivity index (χ3n) is 4.35. The van der Waals surface area contributed by atoms with Crippen LogP contribution in [-0.4, -0.2) is 37.6 Å². The van der Waals surface area contributed by atoms with Crippen LogP contribution in [0.3, 0.4) is 0 Å². The van der Waals surface area contributed by atoms with Crippen molar-refractivity contribution in [3.05, 3.63) is 22.8 Å². The monoisotopic (exact) mass is 289 g/mol. The van der Waals surface area contributed by atoms with E-state index in [1.54, 1.807) is 0 Å². The molecule has 4 nitrogen and oxygen atoms in total. The zero-order valence-corrected chi connectivity index (χ0v) is 12.9. The van der Waals surface area contributed by atoms with Crippen molar-refractivity contribution in [3.63, 3.8) is 0 Å². The summed E-state index contributed by atoms with van der Waals surface area (Å²) in [5.74, 6) is 2.30. The second-order valence-electron chi connectivity index (χ2n) is 5.83. The van der Waals surface area contributed by atoms with Crippen molar-refractivity contribution in [3.8, 4) is 11.5 Å². The number of hydrogen-bond acceptors (Lipinski definition) is 3. The van der Waals surface area contributed by atoms with Crippen LogP contribution in [0.2, 0.25) is 0 Å². The summed E-state index contributed by atoms with van der Waals surface area (Å²) in [6, 6.07) is 2.14. The molecule has 0 saturated heterocycles. The predicted molar refractivity (Wildman–Crippen MR) is 81.1 cm³/mol. The minimum atomic E-state index is 0.221. The van der Waals surface area contributed by atoms with Crippen LogP contribution in [0.1, 0.15) is 36.5 Å². The van der Waals surface area contributed by atoms with E-state index < -0.39 is 0 Å². The standard InChI is InChI=1S/C17H23NO3/c1-3-4-16(19)18(2)8-5-14-13-7-10-20-15(13)11-12-6-9-21-17(12)14/h11H,3-10H2,1-2H3. The molecule has 21 heavy (non-hydrogen) atoms. The van der Waals surface area contributed by atoms with Crippen molar-refractivity contribution in [2.75, 3.05) is 26.8 Å². The van der Waals surface area contributed by atoms with Crippen molar-refractivity contribution in [2.24, 2.45) is 0 Å². The SMILES string of the molecule is CCCC(=O)N(C)CCc1c2c(cc3c1OCC3)OCC2. The number of ether oxygens (including phenoxy) is 2. The van der Waals surface area contributed by atoms with Gasteiger partial charge in [0.1, 0.15) is 11.5 Å². The van der Waals surface area contributed by atoms with Crippen molar-refractivity contribution in [1.29, 1.82) is 0 Å². The van der Waals surface area contributed by atoms with E-state index in [1.165, 1.54) is 16.7 Å². The molecule has 0 bridgehead atoms. The van der Waals surface area contributed by atoms with Crippen LogP contribution < -0.4 is 9.47 Å². The normalized spacial score (nSPS) is 15.1. The Morgan fingerprint density at radius 1 is 1.29 bits per heavy atom. The lowest BCUT2D eigenvalue weighted by Gasteiger charge is -2.19. The Hall–Kier alpha value is -1.71. The lowest BCUT2D eigenvalue weighted by atomic mass is 9.97. The van der Waals surface area contributed by atoms with E-state index in [0.29, 0.717) is 6.42 Å². The first-order valence-electron chi connectivity index (χ1n) is 7.88. The lowest BCUT2D eigenvalue weighted by molar-refractivity contribution is -0.129. The molecular formula is C17H23NO3. The van der Waals surface area contributed by atoms with Crippen molar-refractivity contribution in [2.45, 2.75) is 39.0 Å². The summed E-state index contributed by atoms with van der Waals surface area (Å²) in [6.07, 6.45) is 4.29. The Balaban J connectivity index is 1.78. The fourth-order valence-corrected chi connectivity index (χ4v) is 3.16. The maximum atomic E-state index is 11.9. The molecule has 1 aromatic rings. The maximum absolute atomic E-state index is 11.9. The number of benzene rings is 1. The summed E-state index contributed by atoms with van der Waals surface area (Å²) in [6.45, 7) is 4.30. The first-order chi connectivity index (χ1) is 10.2. The molecule has 4 heteroatoms. The van der Waals surface area contributed by atoms with Crippen LogP contribution >= 0.6 is 0 Å². The van der Waals surface area contributed by atoms with Crippen LogP contribution in [0.4, 0.5) is 0 Å². The molecule has 0 radical (unpaired) electrons. The van der Waals surface area contributed by atoms with Gasteiger partial charge in [-0.2, -0.15) is 0 Å². The first-order valence-corrected chi connectivity index (χ1v) is 7.88. The molecule has 1 aromatic carbocycles. The largest absolute Gasteiger partial charge is 0.493 e. The Morgan fingerprint density at radius 3 is 2.90 bits per heavy atom. The van der Waals surface area contributed by atoms with Gasteiger partial charge in [-0.3, -0.25) is 4.79 Å². The Morgan fingerprint density at radius 2 is 2.10 bits per heavy atom. The molecule has 0 atom stereocenters. The Bertz CT molecular complexity index is 521. The van der Waals surface area contributed by atoms with Crippen LogP contribution in [0.25, 0.3) is 0 Å². The van der Waals surface area contributed by atoms with Crippen LogP contribution in [-0.2, 0) is 24.1 Å². The van der Waals surface area contributed by atoms with Crippen LogP contribution in [0.5, 0.6) is 11.5 Å². The smallest absolute Gasteiger partial charge is 0.222 e. The van der Waals surface area contributed by atoms with Gasteiger partial charge in [0.15, 0.2) is 0 Å². The summed E-state index contributed by atoms with van der Waals surface area (Å²) >= 11 is 0. The van der Waals surface area contributed by atoms with Gasteiger partial charge in [-0.1, -0.05) is 6.92 Å². The zero-order valence-electron chi connectivity index (χ0n) is 12.9. The number of likely N-dealkylation sites (N-methyl/N-ethyl adjacent to an activating group) is 1. The number of hydrogen-bond donors (Lipinski definition) is 0. The van der Waals surface area contributed by atoms with Crippen molar-refractivity contribution >= 4 is 5.91 Å². The predicted octanol–water partition coefficient (Wildman–Crippen LogP) is 2.36. The van der Waals surface area contributed by atoms with Crippen molar-refractivity contribution < 1.29 is 14.3 Å². The van der Waals surface area contributed by atoms with E-state index in [2.05, 4.69) is 6.07 Å². The minimum absolute atomic E-state index is 0.221. The third-order valence-corrected chi connectivity index (χ3v) is 4.35. The molecule has 0 N–H and O–H groups in total. The summed E-state index contributed by atoms with van der Waals surface area (Å²) in [7, 11) is 1.89. The lowest BCUT2D eigenvalue weighted by Crippen LogP contribution is -2.28. The first kappa shape index (κ1) is 14.2. The zero-order chi connectivity index (χ0) is 14.8. The van der Waals surface area contributed by atoms with E-state index >= 15 is 0 Å². The number of rotatable bonds is 5. The Kier molecular flexibility index (Phi) is 4.04. The maximum Gasteiger partial charge on any atom is 0.222 e. The molecule has 0 spiro atoms. The molecule has 2 aliphatic rings. The minimum Gasteiger partial charge on any atom is -0.493 e. The topological polar surface area (TPSA) is 38.8 Å². The molecule has 2 aliphatic heterocycles. The van der Waals surface area contributed by atoms with Gasteiger partial charge in [0.25, 0.3) is 0 Å². The van der Waals surface area contributed by atoms with E-state index in [9.17, 15) is 4.79 Å². The van der Waals surface area contributed by atoms with Gasteiger partial charge in [0.2, 0.25) is 5.91 Å². The fraction of sp³-hybridized carbons (Fsp3) is 0.588. The van der Waals surface area contributed by atoms with Gasteiger partial charge >= 0.3 is 0 Å². The van der Waals surface area contributed by atoms with Crippen LogP contribution in [0.15, 0.2) is 6.07 Å². The van der Waals surface area contributed by atoms with E-state index in [0.717, 1.165) is 56.9 Å². The number of fused-ring (bicyclic) bond motifs is 2. The number of amides is 1. The molecule has 0 aliphatic carbocycles. The molecule has 0 saturated carbocycles. The highest BCUT2D eigenvalue weighted by Gasteiger charge is 2.26. The second kappa shape index (κ2) is 5.96. The third kappa shape index (κ3) is 2.71. The summed E-state index contributed by atoms with van der Waals surface area (Å²) in [5, 5.41) is 0. The number of carbonyl (C=O) groups excluding carboxylic acids is 1. The molecule has 1 amide bonds. The molecule has 114 valence electrons. The van der Waals surface area contributed by atoms with Gasteiger partial charge in [-0.25, -0.2) is 0 Å². The number of nitrogens with zero attached hydrogens (tertiary/aromatic N) is 1. The highest BCUT2D eigenvalue weighted by molar-refractivity contribution is 5.75. The van der Waals surface area contributed by atoms with Gasteiger partial charge in [0.05, 0.1) is 13.2 Å².